The third-order valence-electron chi connectivity index (χ3n) is 4.02. The van der Waals surface area contributed by atoms with Crippen LogP contribution in [-0.4, -0.2) is 22.5 Å². The molecule has 110 valence electrons. The molecule has 1 saturated heterocycles. The highest BCUT2D eigenvalue weighted by atomic mass is 35.5. The topological polar surface area (TPSA) is 48.5 Å². The molecule has 0 bridgehead atoms. The molecule has 2 aromatic rings. The van der Waals surface area contributed by atoms with Crippen molar-refractivity contribution in [3.8, 4) is 0 Å². The molecule has 0 amide bonds. The van der Waals surface area contributed by atoms with Crippen molar-refractivity contribution < 1.29 is 14.9 Å². The molecule has 6 heteroatoms. The largest absolute Gasteiger partial charge is 0.357 e. The lowest BCUT2D eigenvalue weighted by molar-refractivity contribution is -0.0631. The zero-order valence-electron chi connectivity index (χ0n) is 11.2. The van der Waals surface area contributed by atoms with Crippen LogP contribution in [0.1, 0.15) is 22.0 Å². The number of rotatable bonds is 3. The van der Waals surface area contributed by atoms with E-state index in [0.717, 1.165) is 25.1 Å². The van der Waals surface area contributed by atoms with Gasteiger partial charge in [0.05, 0.1) is 0 Å². The summed E-state index contributed by atoms with van der Waals surface area (Å²) >= 11 is 8.04. The molecule has 1 atom stereocenters. The maximum atomic E-state index is 10.4. The van der Waals surface area contributed by atoms with E-state index in [1.807, 2.05) is 24.3 Å². The number of nitrogens with zero attached hydrogens (tertiary/aromatic N) is 1. The van der Waals surface area contributed by atoms with E-state index in [0.29, 0.717) is 5.02 Å². The van der Waals surface area contributed by atoms with Crippen LogP contribution < -0.4 is 0 Å². The number of halogens is 1. The lowest BCUT2D eigenvalue weighted by Gasteiger charge is -2.34. The summed E-state index contributed by atoms with van der Waals surface area (Å²) in [6.45, 7) is 1.59. The van der Waals surface area contributed by atoms with Gasteiger partial charge in [-0.15, -0.1) is 11.3 Å². The van der Waals surface area contributed by atoms with E-state index in [4.69, 9.17) is 21.4 Å². The molecule has 1 N–H and O–H groups in total. The van der Waals surface area contributed by atoms with Crippen molar-refractivity contribution in [1.82, 2.24) is 4.90 Å². The Balaban J connectivity index is 1.70. The average Bonchev–Trinajstić information content (AvgIpc) is 3.04. The Morgan fingerprint density at radius 2 is 2.10 bits per heavy atom. The smallest absolute Gasteiger partial charge is 0.338 e. The van der Waals surface area contributed by atoms with E-state index >= 15 is 0 Å². The van der Waals surface area contributed by atoms with Gasteiger partial charge in [0, 0.05) is 23.0 Å². The Labute approximate surface area is 131 Å². The van der Waals surface area contributed by atoms with Crippen LogP contribution in [0.25, 0.3) is 0 Å². The summed E-state index contributed by atoms with van der Waals surface area (Å²) in [6.07, 6.45) is 0.954. The summed E-state index contributed by atoms with van der Waals surface area (Å²) in [4.78, 5) is 13.2. The molecule has 0 spiro atoms. The van der Waals surface area contributed by atoms with Crippen LogP contribution >= 0.6 is 22.9 Å². The minimum absolute atomic E-state index is 0.429. The highest BCUT2D eigenvalue weighted by Gasteiger charge is 2.58. The van der Waals surface area contributed by atoms with Crippen LogP contribution in [0.3, 0.4) is 0 Å². The summed E-state index contributed by atoms with van der Waals surface area (Å²) in [7, 11) is 0. The van der Waals surface area contributed by atoms with Crippen LogP contribution in [0.4, 0.5) is 0 Å². The second-order valence-electron chi connectivity index (χ2n) is 5.31. The van der Waals surface area contributed by atoms with Crippen molar-refractivity contribution in [3.63, 3.8) is 0 Å². The zero-order valence-corrected chi connectivity index (χ0v) is 12.7. The fourth-order valence-electron chi connectivity index (χ4n) is 2.93. The zero-order chi connectivity index (χ0) is 14.4. The molecule has 2 aliphatic heterocycles. The molecule has 1 aromatic carbocycles. The first-order valence-electron chi connectivity index (χ1n) is 6.80. The van der Waals surface area contributed by atoms with Crippen molar-refractivity contribution in [2.45, 2.75) is 25.0 Å². The molecular formula is C15H14ClNO3S. The van der Waals surface area contributed by atoms with E-state index in [1.54, 1.807) is 11.3 Å². The third kappa shape index (κ3) is 2.40. The molecular weight excluding hydrogens is 310 g/mol. The van der Waals surface area contributed by atoms with E-state index < -0.39 is 12.0 Å². The van der Waals surface area contributed by atoms with Gasteiger partial charge in [-0.2, -0.15) is 9.78 Å². The Kier molecular flexibility index (Phi) is 3.29. The number of aliphatic hydroxyl groups is 1. The fourth-order valence-corrected chi connectivity index (χ4v) is 4.13. The maximum absolute atomic E-state index is 10.4. The van der Waals surface area contributed by atoms with E-state index in [9.17, 15) is 5.11 Å². The van der Waals surface area contributed by atoms with Gasteiger partial charge < -0.3 is 5.11 Å². The van der Waals surface area contributed by atoms with E-state index in [2.05, 4.69) is 16.3 Å². The summed E-state index contributed by atoms with van der Waals surface area (Å²) in [5, 5.41) is 13.1. The van der Waals surface area contributed by atoms with E-state index in [-0.39, 0.29) is 0 Å². The fraction of sp³-hybridized carbons (Fsp3) is 0.333. The lowest BCUT2D eigenvalue weighted by Crippen LogP contribution is -2.41. The molecule has 4 nitrogen and oxygen atoms in total. The second kappa shape index (κ2) is 5.05. The number of fused-ring (bicyclic) bond motifs is 1. The van der Waals surface area contributed by atoms with Crippen LogP contribution in [0.15, 0.2) is 35.7 Å². The average molecular weight is 324 g/mol. The van der Waals surface area contributed by atoms with Crippen LogP contribution in [-0.2, 0) is 22.7 Å². The molecule has 0 radical (unpaired) electrons. The third-order valence-corrected chi connectivity index (χ3v) is 5.31. The quantitative estimate of drug-likeness (QED) is 0.696. The number of hydrogen-bond acceptors (Lipinski definition) is 5. The van der Waals surface area contributed by atoms with Gasteiger partial charge in [-0.05, 0) is 35.1 Å². The second-order valence-corrected chi connectivity index (χ2v) is 6.72. The number of thiophene rings is 1. The van der Waals surface area contributed by atoms with Crippen LogP contribution in [0, 0.1) is 0 Å². The van der Waals surface area contributed by atoms with Gasteiger partial charge in [0.25, 0.3) is 0 Å². The first kappa shape index (κ1) is 13.7. The molecule has 0 unspecified atom stereocenters. The molecule has 21 heavy (non-hydrogen) atoms. The molecule has 2 aliphatic rings. The van der Waals surface area contributed by atoms with Gasteiger partial charge >= 0.3 is 5.97 Å². The van der Waals surface area contributed by atoms with Crippen molar-refractivity contribution in [1.29, 1.82) is 0 Å². The normalized spacial score (nSPS) is 21.8. The standard InChI is InChI=1S/C15H14ClNO3S/c16-12-4-2-1-3-11(12)14(15(18)19-20-15)17-7-5-10-6-8-21-13(10)9-17/h1-4,6,8,14,18H,5,7,9H2/t14-/m0/s1. The van der Waals surface area contributed by atoms with Gasteiger partial charge in [0.1, 0.15) is 6.04 Å². The SMILES string of the molecule is OC1([C@H](c2ccccc2Cl)N2CCc3ccsc3C2)OO1. The first-order valence-corrected chi connectivity index (χ1v) is 8.06. The predicted octanol–water partition coefficient (Wildman–Crippen LogP) is 3.11. The Morgan fingerprint density at radius 3 is 2.86 bits per heavy atom. The molecule has 1 aromatic heterocycles. The predicted molar refractivity (Wildman–Crippen MR) is 79.7 cm³/mol. The maximum Gasteiger partial charge on any atom is 0.357 e. The Hall–Kier alpha value is -0.950. The van der Waals surface area contributed by atoms with Gasteiger partial charge in [-0.1, -0.05) is 29.8 Å². The molecule has 3 heterocycles. The lowest BCUT2D eigenvalue weighted by atomic mass is 9.99. The summed E-state index contributed by atoms with van der Waals surface area (Å²) in [6, 6.07) is 9.23. The Morgan fingerprint density at radius 1 is 1.29 bits per heavy atom. The van der Waals surface area contributed by atoms with Crippen molar-refractivity contribution in [2.24, 2.45) is 0 Å². The number of hydrogen-bond donors (Lipinski definition) is 1. The molecule has 0 aliphatic carbocycles. The Bertz CT molecular complexity index is 670. The van der Waals surface area contributed by atoms with Crippen molar-refractivity contribution >= 4 is 22.9 Å². The van der Waals surface area contributed by atoms with Crippen molar-refractivity contribution in [2.75, 3.05) is 6.54 Å². The van der Waals surface area contributed by atoms with Crippen LogP contribution in [0.5, 0.6) is 0 Å². The summed E-state index contributed by atoms with van der Waals surface area (Å²) in [5.74, 6) is -1.60. The molecule has 4 rings (SSSR count). The highest BCUT2D eigenvalue weighted by molar-refractivity contribution is 7.10. The number of benzene rings is 1. The van der Waals surface area contributed by atoms with Crippen LogP contribution in [0.2, 0.25) is 5.02 Å². The highest BCUT2D eigenvalue weighted by Crippen LogP contribution is 2.46. The van der Waals surface area contributed by atoms with E-state index in [1.165, 1.54) is 10.4 Å². The van der Waals surface area contributed by atoms with Gasteiger partial charge in [-0.25, -0.2) is 0 Å². The van der Waals surface area contributed by atoms with Gasteiger partial charge in [0.15, 0.2) is 0 Å². The molecule has 1 fully saturated rings. The monoisotopic (exact) mass is 323 g/mol. The van der Waals surface area contributed by atoms with Crippen molar-refractivity contribution in [3.05, 3.63) is 56.7 Å². The molecule has 0 saturated carbocycles. The minimum Gasteiger partial charge on any atom is -0.338 e. The summed E-state index contributed by atoms with van der Waals surface area (Å²) < 4.78 is 0. The van der Waals surface area contributed by atoms with Gasteiger partial charge in [-0.3, -0.25) is 4.90 Å². The van der Waals surface area contributed by atoms with Gasteiger partial charge in [0.2, 0.25) is 0 Å². The first-order chi connectivity index (χ1) is 10.2. The summed E-state index contributed by atoms with van der Waals surface area (Å²) in [5.41, 5.74) is 2.21. The minimum atomic E-state index is -1.60.